The monoisotopic (exact) mass is 512 g/mol. The fourth-order valence-electron chi connectivity index (χ4n) is 8.52. The predicted octanol–water partition coefficient (Wildman–Crippen LogP) is 7.92. The molecule has 4 fully saturated rings. The minimum absolute atomic E-state index is 0.100. The fourth-order valence-corrected chi connectivity index (χ4v) is 8.52. The van der Waals surface area contributed by atoms with Gasteiger partial charge >= 0.3 is 11.9 Å². The van der Waals surface area contributed by atoms with Gasteiger partial charge in [0.25, 0.3) is 0 Å². The van der Waals surface area contributed by atoms with Crippen molar-refractivity contribution in [2.45, 2.75) is 57.8 Å². The Morgan fingerprint density at radius 3 is 1.53 bits per heavy atom. The lowest BCUT2D eigenvalue weighted by Crippen LogP contribution is -2.56. The van der Waals surface area contributed by atoms with E-state index >= 15 is 0 Å². The van der Waals surface area contributed by atoms with Crippen LogP contribution in [0.4, 0.5) is 0 Å². The maximum absolute atomic E-state index is 11.3. The number of carboxylic acids is 2. The molecule has 6 nitrogen and oxygen atoms in total. The standard InChI is InChI=1S/C32H32O6/c1-30-14-20-15-31(2,17-30)19-32(16-20,18-30)27-25(37-23-10-6-21(7-11-23)28(33)34)4-3-5-26(27)38-24-12-8-22(9-13-24)29(35)36/h3-13,20H,14-19H2,1-2H3,(H,33,34)(H,35,36). The quantitative estimate of drug-likeness (QED) is 0.334. The van der Waals surface area contributed by atoms with Crippen LogP contribution in [0.25, 0.3) is 0 Å². The molecule has 38 heavy (non-hydrogen) atoms. The number of aromatic carboxylic acids is 2. The smallest absolute Gasteiger partial charge is 0.335 e. The molecule has 2 N–H and O–H groups in total. The molecule has 0 amide bonds. The summed E-state index contributed by atoms with van der Waals surface area (Å²) >= 11 is 0. The number of ether oxygens (including phenoxy) is 2. The van der Waals surface area contributed by atoms with Crippen LogP contribution in [0.2, 0.25) is 0 Å². The molecule has 2 unspecified atom stereocenters. The van der Waals surface area contributed by atoms with Crippen molar-refractivity contribution in [3.8, 4) is 23.0 Å². The van der Waals surface area contributed by atoms with Gasteiger partial charge in [-0.3, -0.25) is 0 Å². The molecular weight excluding hydrogens is 480 g/mol. The molecule has 3 aromatic rings. The number of hydrogen-bond donors (Lipinski definition) is 2. The summed E-state index contributed by atoms with van der Waals surface area (Å²) in [5.74, 6) is 1.30. The molecule has 0 saturated heterocycles. The van der Waals surface area contributed by atoms with E-state index in [9.17, 15) is 19.8 Å². The Hall–Kier alpha value is -3.80. The second kappa shape index (κ2) is 8.62. The van der Waals surface area contributed by atoms with Crippen LogP contribution in [0, 0.1) is 16.7 Å². The van der Waals surface area contributed by atoms with E-state index in [0.717, 1.165) is 36.3 Å². The van der Waals surface area contributed by atoms with Crippen molar-refractivity contribution in [2.24, 2.45) is 16.7 Å². The second-order valence-corrected chi connectivity index (χ2v) is 12.4. The van der Waals surface area contributed by atoms with Gasteiger partial charge in [-0.25, -0.2) is 9.59 Å². The highest BCUT2D eigenvalue weighted by Crippen LogP contribution is 2.71. The summed E-state index contributed by atoms with van der Waals surface area (Å²) in [4.78, 5) is 22.7. The van der Waals surface area contributed by atoms with Gasteiger partial charge in [0.05, 0.1) is 11.1 Å². The van der Waals surface area contributed by atoms with E-state index in [4.69, 9.17) is 9.47 Å². The summed E-state index contributed by atoms with van der Waals surface area (Å²) in [5.41, 5.74) is 1.92. The molecule has 7 rings (SSSR count). The van der Waals surface area contributed by atoms with Gasteiger partial charge < -0.3 is 19.7 Å². The van der Waals surface area contributed by atoms with Crippen LogP contribution >= 0.6 is 0 Å². The number of benzene rings is 3. The average Bonchev–Trinajstić information content (AvgIpc) is 2.82. The lowest BCUT2D eigenvalue weighted by Gasteiger charge is -2.65. The third-order valence-corrected chi connectivity index (χ3v) is 8.80. The van der Waals surface area contributed by atoms with Crippen LogP contribution in [0.1, 0.15) is 78.7 Å². The Bertz CT molecular complexity index is 1310. The minimum atomic E-state index is -0.975. The first kappa shape index (κ1) is 24.5. The van der Waals surface area contributed by atoms with Crippen LogP contribution in [-0.2, 0) is 5.41 Å². The van der Waals surface area contributed by atoms with Crippen molar-refractivity contribution >= 4 is 11.9 Å². The fraction of sp³-hybridized carbons (Fsp3) is 0.375. The van der Waals surface area contributed by atoms with Gasteiger partial charge in [0.1, 0.15) is 23.0 Å². The van der Waals surface area contributed by atoms with E-state index in [0.29, 0.717) is 17.4 Å². The van der Waals surface area contributed by atoms with Crippen molar-refractivity contribution < 1.29 is 29.3 Å². The number of carboxylic acid groups (broad SMARTS) is 2. The number of rotatable bonds is 7. The SMILES string of the molecule is CC12CC3CC(C)(C1)CC(c1c(Oc4ccc(C(=O)O)cc4)cccc1Oc1ccc(C(=O)O)cc1)(C3)C2. The summed E-state index contributed by atoms with van der Waals surface area (Å²) in [6, 6.07) is 18.8. The van der Waals surface area contributed by atoms with Gasteiger partial charge in [0, 0.05) is 11.0 Å². The Morgan fingerprint density at radius 2 is 1.13 bits per heavy atom. The number of hydrogen-bond acceptors (Lipinski definition) is 4. The van der Waals surface area contributed by atoms with Gasteiger partial charge in [-0.1, -0.05) is 19.9 Å². The number of carbonyl (C=O) groups is 2. The van der Waals surface area contributed by atoms with Crippen molar-refractivity contribution in [1.82, 2.24) is 0 Å². The zero-order chi connectivity index (χ0) is 26.7. The third kappa shape index (κ3) is 4.32. The largest absolute Gasteiger partial charge is 0.478 e. The molecule has 196 valence electrons. The first-order chi connectivity index (χ1) is 18.1. The topological polar surface area (TPSA) is 93.1 Å². The molecule has 2 atom stereocenters. The highest BCUT2D eigenvalue weighted by atomic mass is 16.5. The van der Waals surface area contributed by atoms with Crippen molar-refractivity contribution in [3.63, 3.8) is 0 Å². The van der Waals surface area contributed by atoms with E-state index < -0.39 is 11.9 Å². The summed E-state index contributed by atoms with van der Waals surface area (Å²) in [5, 5.41) is 18.6. The summed E-state index contributed by atoms with van der Waals surface area (Å²) < 4.78 is 13.0. The zero-order valence-electron chi connectivity index (χ0n) is 21.7. The Morgan fingerprint density at radius 1 is 0.684 bits per heavy atom. The first-order valence-corrected chi connectivity index (χ1v) is 13.2. The molecule has 3 aromatic carbocycles. The molecule has 0 radical (unpaired) electrons. The first-order valence-electron chi connectivity index (χ1n) is 13.2. The van der Waals surface area contributed by atoms with Gasteiger partial charge in [-0.15, -0.1) is 0 Å². The lowest BCUT2D eigenvalue weighted by molar-refractivity contribution is -0.110. The molecule has 0 aromatic heterocycles. The van der Waals surface area contributed by atoms with E-state index in [2.05, 4.69) is 13.8 Å². The molecule has 4 bridgehead atoms. The highest BCUT2D eigenvalue weighted by Gasteiger charge is 2.61. The Labute approximate surface area is 222 Å². The van der Waals surface area contributed by atoms with Crippen molar-refractivity contribution in [2.75, 3.05) is 0 Å². The molecule has 4 aliphatic rings. The minimum Gasteiger partial charge on any atom is -0.478 e. The Kier molecular flexibility index (Phi) is 5.56. The van der Waals surface area contributed by atoms with E-state index in [-0.39, 0.29) is 27.4 Å². The highest BCUT2D eigenvalue weighted by molar-refractivity contribution is 5.88. The predicted molar refractivity (Wildman–Crippen MR) is 142 cm³/mol. The molecule has 6 heteroatoms. The molecule has 0 aliphatic heterocycles. The molecule has 0 heterocycles. The van der Waals surface area contributed by atoms with E-state index in [1.807, 2.05) is 18.2 Å². The third-order valence-electron chi connectivity index (χ3n) is 8.80. The van der Waals surface area contributed by atoms with Crippen LogP contribution in [0.5, 0.6) is 23.0 Å². The maximum atomic E-state index is 11.3. The molecule has 4 saturated carbocycles. The zero-order valence-corrected chi connectivity index (χ0v) is 21.7. The van der Waals surface area contributed by atoms with E-state index in [1.165, 1.54) is 19.3 Å². The normalized spacial score (nSPS) is 29.2. The average molecular weight is 513 g/mol. The van der Waals surface area contributed by atoms with Crippen molar-refractivity contribution in [3.05, 3.63) is 83.4 Å². The van der Waals surface area contributed by atoms with Crippen LogP contribution in [0.15, 0.2) is 66.7 Å². The summed E-state index contributed by atoms with van der Waals surface area (Å²) in [7, 11) is 0. The second-order valence-electron chi connectivity index (χ2n) is 12.4. The van der Waals surface area contributed by atoms with Gasteiger partial charge in [0.15, 0.2) is 0 Å². The molecule has 4 aliphatic carbocycles. The van der Waals surface area contributed by atoms with Gasteiger partial charge in [0.2, 0.25) is 0 Å². The van der Waals surface area contributed by atoms with Gasteiger partial charge in [-0.05, 0) is 116 Å². The van der Waals surface area contributed by atoms with Crippen LogP contribution in [-0.4, -0.2) is 22.2 Å². The molecule has 0 spiro atoms. The molecular formula is C32H32O6. The van der Waals surface area contributed by atoms with Crippen molar-refractivity contribution in [1.29, 1.82) is 0 Å². The maximum Gasteiger partial charge on any atom is 0.335 e. The summed E-state index contributed by atoms with van der Waals surface area (Å²) in [6.07, 6.45) is 6.99. The summed E-state index contributed by atoms with van der Waals surface area (Å²) in [6.45, 7) is 4.87. The van der Waals surface area contributed by atoms with Crippen LogP contribution < -0.4 is 9.47 Å². The van der Waals surface area contributed by atoms with Crippen LogP contribution in [0.3, 0.4) is 0 Å². The van der Waals surface area contributed by atoms with Gasteiger partial charge in [-0.2, -0.15) is 0 Å². The van der Waals surface area contributed by atoms with E-state index in [1.54, 1.807) is 48.5 Å². The lowest BCUT2D eigenvalue weighted by atomic mass is 9.39. The Balaban J connectivity index is 1.44.